The Balaban J connectivity index is 1.67. The zero-order valence-corrected chi connectivity index (χ0v) is 13.0. The van der Waals surface area contributed by atoms with Gasteiger partial charge in [-0.3, -0.25) is 4.40 Å². The largest absolute Gasteiger partial charge is 0.379 e. The molecule has 24 heavy (non-hydrogen) atoms. The van der Waals surface area contributed by atoms with E-state index in [0.717, 1.165) is 36.6 Å². The van der Waals surface area contributed by atoms with Gasteiger partial charge >= 0.3 is 0 Å². The zero-order valence-electron chi connectivity index (χ0n) is 13.0. The Hall–Kier alpha value is -2.98. The van der Waals surface area contributed by atoms with E-state index in [4.69, 9.17) is 10.00 Å². The lowest BCUT2D eigenvalue weighted by Crippen LogP contribution is -2.30. The van der Waals surface area contributed by atoms with Gasteiger partial charge in [-0.15, -0.1) is 0 Å². The predicted octanol–water partition coefficient (Wildman–Crippen LogP) is 2.25. The number of anilines is 1. The molecule has 1 unspecified atom stereocenters. The van der Waals surface area contributed by atoms with Crippen LogP contribution in [0.15, 0.2) is 36.8 Å². The number of nitriles is 1. The van der Waals surface area contributed by atoms with Crippen LogP contribution in [-0.2, 0) is 4.74 Å². The zero-order chi connectivity index (χ0) is 16.4. The summed E-state index contributed by atoms with van der Waals surface area (Å²) in [5.74, 6) is 1.33. The molecular weight excluding hydrogens is 304 g/mol. The molecule has 1 aliphatic heterocycles. The number of nitrogens with one attached hydrogen (secondary N) is 1. The lowest BCUT2D eigenvalue weighted by Gasteiger charge is -2.23. The molecule has 7 heteroatoms. The van der Waals surface area contributed by atoms with Gasteiger partial charge in [-0.1, -0.05) is 0 Å². The highest BCUT2D eigenvalue weighted by molar-refractivity contribution is 5.59. The van der Waals surface area contributed by atoms with Crippen LogP contribution in [0.2, 0.25) is 0 Å². The molecule has 0 radical (unpaired) electrons. The molecule has 3 aromatic heterocycles. The topological polar surface area (TPSA) is 88.1 Å². The summed E-state index contributed by atoms with van der Waals surface area (Å²) in [6, 6.07) is 7.81. The molecule has 1 N–H and O–H groups in total. The summed E-state index contributed by atoms with van der Waals surface area (Å²) >= 11 is 0. The second kappa shape index (κ2) is 6.26. The normalized spacial score (nSPS) is 17.5. The van der Waals surface area contributed by atoms with Crippen molar-refractivity contribution in [3.05, 3.63) is 42.4 Å². The minimum absolute atomic E-state index is 0.272. The van der Waals surface area contributed by atoms with Crippen molar-refractivity contribution < 1.29 is 4.74 Å². The number of hydrogen-bond donors (Lipinski definition) is 1. The third kappa shape index (κ3) is 2.79. The van der Waals surface area contributed by atoms with E-state index in [2.05, 4.69) is 26.3 Å². The van der Waals surface area contributed by atoms with Gasteiger partial charge in [0.25, 0.3) is 0 Å². The number of rotatable bonds is 3. The summed E-state index contributed by atoms with van der Waals surface area (Å²) < 4.78 is 7.32. The lowest BCUT2D eigenvalue weighted by molar-refractivity contribution is 0.0875. The van der Waals surface area contributed by atoms with Crippen LogP contribution in [0.4, 0.5) is 5.82 Å². The maximum atomic E-state index is 9.09. The van der Waals surface area contributed by atoms with Crippen LogP contribution in [0.25, 0.3) is 17.2 Å². The van der Waals surface area contributed by atoms with Crippen LogP contribution < -0.4 is 5.32 Å². The SMILES string of the molecule is N#Cc1ccc2ncc(-c3nccc(NC4CCCOC4)n3)n2c1. The number of fused-ring (bicyclic) bond motifs is 1. The monoisotopic (exact) mass is 320 g/mol. The number of nitrogens with zero attached hydrogens (tertiary/aromatic N) is 5. The first kappa shape index (κ1) is 14.6. The summed E-state index contributed by atoms with van der Waals surface area (Å²) in [7, 11) is 0. The highest BCUT2D eigenvalue weighted by Crippen LogP contribution is 2.20. The molecule has 4 heterocycles. The number of imidazole rings is 1. The van der Waals surface area contributed by atoms with E-state index in [1.165, 1.54) is 0 Å². The van der Waals surface area contributed by atoms with Crippen molar-refractivity contribution in [2.45, 2.75) is 18.9 Å². The first-order valence-electron chi connectivity index (χ1n) is 7.88. The van der Waals surface area contributed by atoms with Gasteiger partial charge in [-0.05, 0) is 31.0 Å². The van der Waals surface area contributed by atoms with Gasteiger partial charge < -0.3 is 10.1 Å². The molecule has 0 aromatic carbocycles. The fraction of sp³-hybridized carbons (Fsp3) is 0.294. The van der Waals surface area contributed by atoms with Gasteiger partial charge in [0.1, 0.15) is 23.2 Å². The van der Waals surface area contributed by atoms with Crippen LogP contribution >= 0.6 is 0 Å². The van der Waals surface area contributed by atoms with Gasteiger partial charge in [0, 0.05) is 19.0 Å². The van der Waals surface area contributed by atoms with E-state index < -0.39 is 0 Å². The van der Waals surface area contributed by atoms with Crippen molar-refractivity contribution in [3.63, 3.8) is 0 Å². The van der Waals surface area contributed by atoms with E-state index in [9.17, 15) is 0 Å². The quantitative estimate of drug-likeness (QED) is 0.796. The van der Waals surface area contributed by atoms with E-state index in [-0.39, 0.29) is 6.04 Å². The number of ether oxygens (including phenoxy) is 1. The predicted molar refractivity (Wildman–Crippen MR) is 88.4 cm³/mol. The van der Waals surface area contributed by atoms with E-state index in [1.54, 1.807) is 24.7 Å². The summed E-state index contributed by atoms with van der Waals surface area (Å²) in [6.45, 7) is 1.52. The average Bonchev–Trinajstić information content (AvgIpc) is 3.06. The van der Waals surface area contributed by atoms with Crippen LogP contribution in [0.1, 0.15) is 18.4 Å². The second-order valence-electron chi connectivity index (χ2n) is 5.73. The molecule has 120 valence electrons. The minimum Gasteiger partial charge on any atom is -0.379 e. The maximum absolute atomic E-state index is 9.09. The smallest absolute Gasteiger partial charge is 0.180 e. The third-order valence-corrected chi connectivity index (χ3v) is 4.03. The standard InChI is InChI=1S/C17H16N6O/c18-8-12-3-4-16-20-9-14(23(16)10-12)17-19-6-5-15(22-17)21-13-2-1-7-24-11-13/h3-6,9-10,13H,1-2,7,11H2,(H,19,21,22). The molecule has 4 rings (SSSR count). The van der Waals surface area contributed by atoms with Crippen LogP contribution in [0.5, 0.6) is 0 Å². The van der Waals surface area contributed by atoms with E-state index >= 15 is 0 Å². The Labute approximate surface area is 139 Å². The Kier molecular flexibility index (Phi) is 3.81. The lowest BCUT2D eigenvalue weighted by atomic mass is 10.1. The first-order chi connectivity index (χ1) is 11.8. The maximum Gasteiger partial charge on any atom is 0.180 e. The molecule has 0 saturated carbocycles. The second-order valence-corrected chi connectivity index (χ2v) is 5.73. The number of pyridine rings is 1. The molecular formula is C17H16N6O. The molecule has 0 amide bonds. The van der Waals surface area contributed by atoms with Gasteiger partial charge in [-0.2, -0.15) is 5.26 Å². The van der Waals surface area contributed by atoms with Crippen LogP contribution in [0.3, 0.4) is 0 Å². The Morgan fingerprint density at radius 3 is 3.08 bits per heavy atom. The van der Waals surface area contributed by atoms with Crippen molar-refractivity contribution in [1.82, 2.24) is 19.4 Å². The molecule has 0 aliphatic carbocycles. The van der Waals surface area contributed by atoms with Crippen molar-refractivity contribution in [2.75, 3.05) is 18.5 Å². The van der Waals surface area contributed by atoms with E-state index in [0.29, 0.717) is 18.0 Å². The fourth-order valence-corrected chi connectivity index (χ4v) is 2.84. The first-order valence-corrected chi connectivity index (χ1v) is 7.88. The molecule has 0 spiro atoms. The van der Waals surface area contributed by atoms with Crippen molar-refractivity contribution in [3.8, 4) is 17.6 Å². The Morgan fingerprint density at radius 2 is 2.25 bits per heavy atom. The average molecular weight is 320 g/mol. The molecule has 1 saturated heterocycles. The number of hydrogen-bond acceptors (Lipinski definition) is 6. The fourth-order valence-electron chi connectivity index (χ4n) is 2.84. The third-order valence-electron chi connectivity index (χ3n) is 4.03. The van der Waals surface area contributed by atoms with Crippen LogP contribution in [-0.4, -0.2) is 38.6 Å². The van der Waals surface area contributed by atoms with Gasteiger partial charge in [0.2, 0.25) is 0 Å². The summed E-state index contributed by atoms with van der Waals surface area (Å²) in [6.07, 6.45) is 7.32. The molecule has 3 aromatic rings. The van der Waals surface area contributed by atoms with Crippen molar-refractivity contribution in [2.24, 2.45) is 0 Å². The molecule has 1 atom stereocenters. The molecule has 1 fully saturated rings. The summed E-state index contributed by atoms with van der Waals surface area (Å²) in [5, 5.41) is 12.5. The summed E-state index contributed by atoms with van der Waals surface area (Å²) in [5.41, 5.74) is 2.08. The molecule has 7 nitrogen and oxygen atoms in total. The Morgan fingerprint density at radius 1 is 1.29 bits per heavy atom. The van der Waals surface area contributed by atoms with E-state index in [1.807, 2.05) is 16.5 Å². The molecule has 0 bridgehead atoms. The van der Waals surface area contributed by atoms with Gasteiger partial charge in [0.05, 0.1) is 24.4 Å². The van der Waals surface area contributed by atoms with Crippen LogP contribution in [0, 0.1) is 11.3 Å². The number of aromatic nitrogens is 4. The van der Waals surface area contributed by atoms with Gasteiger partial charge in [-0.25, -0.2) is 15.0 Å². The van der Waals surface area contributed by atoms with Gasteiger partial charge in [0.15, 0.2) is 5.82 Å². The minimum atomic E-state index is 0.272. The Bertz CT molecular complexity index is 907. The molecule has 1 aliphatic rings. The van der Waals surface area contributed by atoms with Crippen molar-refractivity contribution in [1.29, 1.82) is 5.26 Å². The summed E-state index contributed by atoms with van der Waals surface area (Å²) in [4.78, 5) is 13.3. The van der Waals surface area contributed by atoms with Crippen molar-refractivity contribution >= 4 is 11.5 Å². The highest BCUT2D eigenvalue weighted by Gasteiger charge is 2.15. The highest BCUT2D eigenvalue weighted by atomic mass is 16.5.